The highest BCUT2D eigenvalue weighted by Crippen LogP contribution is 2.28. The van der Waals surface area contributed by atoms with E-state index >= 15 is 0 Å². The smallest absolute Gasteiger partial charge is 0.227 e. The summed E-state index contributed by atoms with van der Waals surface area (Å²) in [6.07, 6.45) is 1.36. The highest BCUT2D eigenvalue weighted by atomic mass is 79.9. The summed E-state index contributed by atoms with van der Waals surface area (Å²) >= 11 is 3.43. The zero-order valence-electron chi connectivity index (χ0n) is 13.6. The van der Waals surface area contributed by atoms with Crippen LogP contribution in [0.4, 0.5) is 0 Å². The van der Waals surface area contributed by atoms with E-state index in [-0.39, 0.29) is 5.91 Å². The molecule has 0 aliphatic carbocycles. The van der Waals surface area contributed by atoms with Crippen LogP contribution in [-0.2, 0) is 24.2 Å². The van der Waals surface area contributed by atoms with Crippen LogP contribution in [0.5, 0.6) is 0 Å². The SMILES string of the molecule is Cc1ccc2[nH]c3c(c2c1)CN(C(=O)Cc1ccc(Br)cc1)CC3. The van der Waals surface area contributed by atoms with Gasteiger partial charge in [0.2, 0.25) is 5.91 Å². The number of rotatable bonds is 2. The van der Waals surface area contributed by atoms with Gasteiger partial charge < -0.3 is 9.88 Å². The first-order valence-electron chi connectivity index (χ1n) is 8.22. The number of aryl methyl sites for hydroxylation is 1. The van der Waals surface area contributed by atoms with Crippen molar-refractivity contribution in [1.29, 1.82) is 0 Å². The molecule has 0 bridgehead atoms. The molecular formula is C20H19BrN2O. The molecule has 2 aromatic carbocycles. The van der Waals surface area contributed by atoms with Crippen molar-refractivity contribution in [2.24, 2.45) is 0 Å². The Bertz CT molecular complexity index is 911. The topological polar surface area (TPSA) is 36.1 Å². The lowest BCUT2D eigenvalue weighted by molar-refractivity contribution is -0.131. The average molecular weight is 383 g/mol. The number of amides is 1. The number of hydrogen-bond donors (Lipinski definition) is 1. The molecule has 3 nitrogen and oxygen atoms in total. The van der Waals surface area contributed by atoms with Gasteiger partial charge in [-0.05, 0) is 36.8 Å². The summed E-state index contributed by atoms with van der Waals surface area (Å²) in [5.74, 6) is 0.199. The maximum Gasteiger partial charge on any atom is 0.227 e. The van der Waals surface area contributed by atoms with Crippen molar-refractivity contribution >= 4 is 32.7 Å². The molecule has 4 rings (SSSR count). The Morgan fingerprint density at radius 2 is 2.00 bits per heavy atom. The first-order chi connectivity index (χ1) is 11.6. The second kappa shape index (κ2) is 6.10. The number of aromatic nitrogens is 1. The van der Waals surface area contributed by atoms with Crippen LogP contribution in [-0.4, -0.2) is 22.3 Å². The van der Waals surface area contributed by atoms with E-state index in [4.69, 9.17) is 0 Å². The Balaban J connectivity index is 1.57. The average Bonchev–Trinajstić information content (AvgIpc) is 2.94. The maximum atomic E-state index is 12.7. The van der Waals surface area contributed by atoms with Crippen molar-refractivity contribution in [3.63, 3.8) is 0 Å². The molecule has 0 spiro atoms. The molecule has 0 saturated heterocycles. The van der Waals surface area contributed by atoms with Crippen LogP contribution in [0.3, 0.4) is 0 Å². The molecule has 1 amide bonds. The van der Waals surface area contributed by atoms with Crippen molar-refractivity contribution in [1.82, 2.24) is 9.88 Å². The monoisotopic (exact) mass is 382 g/mol. The lowest BCUT2D eigenvalue weighted by atomic mass is 10.0. The molecule has 4 heteroatoms. The Hall–Kier alpha value is -2.07. The van der Waals surface area contributed by atoms with E-state index in [0.717, 1.165) is 23.0 Å². The Labute approximate surface area is 149 Å². The molecule has 2 heterocycles. The third-order valence-electron chi connectivity index (χ3n) is 4.75. The molecular weight excluding hydrogens is 364 g/mol. The van der Waals surface area contributed by atoms with Crippen LogP contribution in [0.1, 0.15) is 22.4 Å². The zero-order valence-corrected chi connectivity index (χ0v) is 15.2. The molecule has 24 heavy (non-hydrogen) atoms. The van der Waals surface area contributed by atoms with E-state index in [0.29, 0.717) is 13.0 Å². The first kappa shape index (κ1) is 15.5. The molecule has 3 aromatic rings. The molecule has 1 aliphatic rings. The van der Waals surface area contributed by atoms with E-state index in [1.54, 1.807) is 0 Å². The Morgan fingerprint density at radius 1 is 1.21 bits per heavy atom. The highest BCUT2D eigenvalue weighted by molar-refractivity contribution is 9.10. The number of hydrogen-bond acceptors (Lipinski definition) is 1. The van der Waals surface area contributed by atoms with Crippen molar-refractivity contribution in [3.8, 4) is 0 Å². The number of fused-ring (bicyclic) bond motifs is 3. The van der Waals surface area contributed by atoms with Crippen LogP contribution < -0.4 is 0 Å². The fourth-order valence-corrected chi connectivity index (χ4v) is 3.69. The van der Waals surface area contributed by atoms with Gasteiger partial charge in [-0.25, -0.2) is 0 Å². The summed E-state index contributed by atoms with van der Waals surface area (Å²) in [5.41, 5.74) is 6.05. The standard InChI is InChI=1S/C20H19BrN2O/c1-13-2-7-18-16(10-13)17-12-23(9-8-19(17)22-18)20(24)11-14-3-5-15(21)6-4-14/h2-7,10,22H,8-9,11-12H2,1H3. The van der Waals surface area contributed by atoms with Crippen molar-refractivity contribution in [2.45, 2.75) is 26.3 Å². The molecule has 122 valence electrons. The van der Waals surface area contributed by atoms with Crippen LogP contribution in [0.25, 0.3) is 10.9 Å². The second-order valence-corrected chi connectivity index (χ2v) is 7.42. The van der Waals surface area contributed by atoms with Gasteiger partial charge in [0.05, 0.1) is 6.42 Å². The quantitative estimate of drug-likeness (QED) is 0.701. The summed E-state index contributed by atoms with van der Waals surface area (Å²) in [6, 6.07) is 14.5. The highest BCUT2D eigenvalue weighted by Gasteiger charge is 2.24. The number of nitrogens with zero attached hydrogens (tertiary/aromatic N) is 1. The van der Waals surface area contributed by atoms with Crippen LogP contribution in [0.15, 0.2) is 46.9 Å². The van der Waals surface area contributed by atoms with E-state index in [1.807, 2.05) is 29.2 Å². The van der Waals surface area contributed by atoms with Crippen molar-refractivity contribution in [3.05, 3.63) is 69.3 Å². The van der Waals surface area contributed by atoms with Gasteiger partial charge in [0.25, 0.3) is 0 Å². The first-order valence-corrected chi connectivity index (χ1v) is 9.02. The van der Waals surface area contributed by atoms with Gasteiger partial charge in [0.15, 0.2) is 0 Å². The fraction of sp³-hybridized carbons (Fsp3) is 0.250. The second-order valence-electron chi connectivity index (χ2n) is 6.50. The predicted octanol–water partition coefficient (Wildman–Crippen LogP) is 4.37. The lowest BCUT2D eigenvalue weighted by Crippen LogP contribution is -2.36. The van der Waals surface area contributed by atoms with Gasteiger partial charge in [-0.15, -0.1) is 0 Å². The molecule has 0 unspecified atom stereocenters. The van der Waals surface area contributed by atoms with Gasteiger partial charge in [-0.1, -0.05) is 39.7 Å². The normalized spacial score (nSPS) is 14.0. The minimum Gasteiger partial charge on any atom is -0.358 e. The minimum atomic E-state index is 0.199. The number of halogens is 1. The number of nitrogens with one attached hydrogen (secondary N) is 1. The number of carbonyl (C=O) groups is 1. The molecule has 0 fully saturated rings. The van der Waals surface area contributed by atoms with Gasteiger partial charge in [-0.3, -0.25) is 4.79 Å². The molecule has 1 aliphatic heterocycles. The fourth-order valence-electron chi connectivity index (χ4n) is 3.43. The Kier molecular flexibility index (Phi) is 3.93. The summed E-state index contributed by atoms with van der Waals surface area (Å²) < 4.78 is 1.04. The number of H-pyrrole nitrogens is 1. The third kappa shape index (κ3) is 2.86. The van der Waals surface area contributed by atoms with E-state index in [1.165, 1.54) is 27.7 Å². The lowest BCUT2D eigenvalue weighted by Gasteiger charge is -2.27. The summed E-state index contributed by atoms with van der Waals surface area (Å²) in [6.45, 7) is 3.60. The minimum absolute atomic E-state index is 0.199. The third-order valence-corrected chi connectivity index (χ3v) is 5.28. The van der Waals surface area contributed by atoms with Gasteiger partial charge in [0.1, 0.15) is 0 Å². The predicted molar refractivity (Wildman–Crippen MR) is 100 cm³/mol. The van der Waals surface area contributed by atoms with Gasteiger partial charge >= 0.3 is 0 Å². The van der Waals surface area contributed by atoms with Crippen molar-refractivity contribution < 1.29 is 4.79 Å². The number of carbonyl (C=O) groups excluding carboxylic acids is 1. The van der Waals surface area contributed by atoms with Gasteiger partial charge in [-0.2, -0.15) is 0 Å². The van der Waals surface area contributed by atoms with Crippen LogP contribution in [0.2, 0.25) is 0 Å². The Morgan fingerprint density at radius 3 is 2.79 bits per heavy atom. The molecule has 0 saturated carbocycles. The summed E-state index contributed by atoms with van der Waals surface area (Å²) in [5, 5.41) is 1.26. The van der Waals surface area contributed by atoms with E-state index < -0.39 is 0 Å². The summed E-state index contributed by atoms with van der Waals surface area (Å²) in [4.78, 5) is 18.2. The van der Waals surface area contributed by atoms with E-state index in [9.17, 15) is 4.79 Å². The molecule has 0 radical (unpaired) electrons. The maximum absolute atomic E-state index is 12.7. The summed E-state index contributed by atoms with van der Waals surface area (Å²) in [7, 11) is 0. The largest absolute Gasteiger partial charge is 0.358 e. The molecule has 0 atom stereocenters. The molecule has 1 aromatic heterocycles. The van der Waals surface area contributed by atoms with E-state index in [2.05, 4.69) is 46.0 Å². The molecule has 1 N–H and O–H groups in total. The van der Waals surface area contributed by atoms with Crippen molar-refractivity contribution in [2.75, 3.05) is 6.54 Å². The number of benzene rings is 2. The van der Waals surface area contributed by atoms with Crippen LogP contribution in [0, 0.1) is 6.92 Å². The van der Waals surface area contributed by atoms with Crippen LogP contribution >= 0.6 is 15.9 Å². The number of aromatic amines is 1. The van der Waals surface area contributed by atoms with Gasteiger partial charge in [0, 0.05) is 46.1 Å². The zero-order chi connectivity index (χ0) is 16.7.